The molecule has 2 atom stereocenters. The van der Waals surface area contributed by atoms with Gasteiger partial charge in [0.25, 0.3) is 0 Å². The maximum Gasteiger partial charge on any atom is 0.227 e. The number of hydrogen-bond donors (Lipinski definition) is 0. The van der Waals surface area contributed by atoms with Gasteiger partial charge in [0, 0.05) is 37.2 Å². The molecule has 0 spiro atoms. The largest absolute Gasteiger partial charge is 0.494 e. The third kappa shape index (κ3) is 3.83. The lowest BCUT2D eigenvalue weighted by molar-refractivity contribution is -0.139. The van der Waals surface area contributed by atoms with Gasteiger partial charge in [-0.3, -0.25) is 9.59 Å². The molecule has 3 heterocycles. The van der Waals surface area contributed by atoms with Crippen LogP contribution in [0, 0.1) is 11.8 Å². The van der Waals surface area contributed by atoms with Crippen molar-refractivity contribution >= 4 is 11.8 Å². The number of rotatable bonds is 5. The van der Waals surface area contributed by atoms with Crippen molar-refractivity contribution in [3.8, 4) is 5.75 Å². The van der Waals surface area contributed by atoms with Crippen LogP contribution in [0.3, 0.4) is 0 Å². The number of piperidine rings is 1. The first-order valence-corrected chi connectivity index (χ1v) is 10.4. The Hall–Kier alpha value is -2.04. The Kier molecular flexibility index (Phi) is 5.37. The van der Waals surface area contributed by atoms with Gasteiger partial charge in [0.1, 0.15) is 5.75 Å². The molecule has 146 valence electrons. The maximum absolute atomic E-state index is 13.1. The lowest BCUT2D eigenvalue weighted by atomic mass is 9.84. The predicted octanol–water partition coefficient (Wildman–Crippen LogP) is 2.88. The second kappa shape index (κ2) is 7.91. The van der Waals surface area contributed by atoms with Gasteiger partial charge in [-0.05, 0) is 44.6 Å². The van der Waals surface area contributed by atoms with Crippen molar-refractivity contribution in [1.29, 1.82) is 0 Å². The fourth-order valence-corrected chi connectivity index (χ4v) is 4.69. The van der Waals surface area contributed by atoms with E-state index in [9.17, 15) is 9.59 Å². The van der Waals surface area contributed by atoms with Crippen LogP contribution in [0.1, 0.15) is 44.6 Å². The summed E-state index contributed by atoms with van der Waals surface area (Å²) >= 11 is 0. The van der Waals surface area contributed by atoms with Crippen molar-refractivity contribution in [1.82, 2.24) is 9.80 Å². The summed E-state index contributed by atoms with van der Waals surface area (Å²) < 4.78 is 5.68. The molecule has 0 aromatic heterocycles. The van der Waals surface area contributed by atoms with Crippen LogP contribution < -0.4 is 4.74 Å². The van der Waals surface area contributed by atoms with Gasteiger partial charge >= 0.3 is 0 Å². The number of amides is 2. The van der Waals surface area contributed by atoms with Crippen LogP contribution in [0.15, 0.2) is 24.3 Å². The highest BCUT2D eigenvalue weighted by atomic mass is 16.5. The lowest BCUT2D eigenvalue weighted by Gasteiger charge is -2.36. The van der Waals surface area contributed by atoms with Crippen LogP contribution in [0.4, 0.5) is 0 Å². The molecular formula is C22H30N2O3. The second-order valence-electron chi connectivity index (χ2n) is 8.23. The van der Waals surface area contributed by atoms with Gasteiger partial charge in [-0.1, -0.05) is 24.6 Å². The van der Waals surface area contributed by atoms with E-state index in [1.54, 1.807) is 0 Å². The molecule has 2 bridgehead atoms. The average Bonchev–Trinajstić information content (AvgIpc) is 2.94. The molecular weight excluding hydrogens is 340 g/mol. The number of ether oxygens (including phenoxy) is 1. The van der Waals surface area contributed by atoms with Crippen LogP contribution in [0.25, 0.3) is 0 Å². The molecule has 4 fully saturated rings. The van der Waals surface area contributed by atoms with Crippen molar-refractivity contribution in [2.24, 2.45) is 11.8 Å². The van der Waals surface area contributed by atoms with Gasteiger partial charge < -0.3 is 14.5 Å². The van der Waals surface area contributed by atoms with Gasteiger partial charge in [0.2, 0.25) is 11.8 Å². The third-order valence-electron chi connectivity index (χ3n) is 6.41. The maximum atomic E-state index is 13.1. The van der Waals surface area contributed by atoms with Gasteiger partial charge in [0.05, 0.1) is 13.0 Å². The standard InChI is InChI=1S/C22H30N2O3/c1-2-27-20-9-4-3-6-18(20)12-21(25)24-14-16-10-11-19(24)15-23(13-16)22(26)17-7-5-8-17/h3-4,6,9,16-17,19H,2,5,7-8,10-15H2,1H3/t16-,19+/m0/s1. The minimum atomic E-state index is 0.162. The highest BCUT2D eigenvalue weighted by Crippen LogP contribution is 2.33. The first-order chi connectivity index (χ1) is 13.2. The monoisotopic (exact) mass is 370 g/mol. The summed E-state index contributed by atoms with van der Waals surface area (Å²) in [6.07, 6.45) is 5.77. The van der Waals surface area contributed by atoms with E-state index in [-0.39, 0.29) is 17.9 Å². The number of para-hydroxylation sites is 1. The molecule has 5 heteroatoms. The Morgan fingerprint density at radius 1 is 1.07 bits per heavy atom. The Balaban J connectivity index is 1.45. The minimum absolute atomic E-state index is 0.162. The number of hydrogen-bond acceptors (Lipinski definition) is 3. The van der Waals surface area contributed by atoms with Crippen molar-refractivity contribution in [2.45, 2.75) is 51.5 Å². The molecule has 1 aliphatic carbocycles. The molecule has 0 unspecified atom stereocenters. The molecule has 5 nitrogen and oxygen atoms in total. The van der Waals surface area contributed by atoms with E-state index in [2.05, 4.69) is 4.90 Å². The fourth-order valence-electron chi connectivity index (χ4n) is 4.69. The normalized spacial score (nSPS) is 25.1. The number of carbonyl (C=O) groups is 2. The minimum Gasteiger partial charge on any atom is -0.494 e. The highest BCUT2D eigenvalue weighted by molar-refractivity contribution is 5.81. The summed E-state index contributed by atoms with van der Waals surface area (Å²) in [5, 5.41) is 0. The predicted molar refractivity (Wildman–Crippen MR) is 103 cm³/mol. The molecule has 0 radical (unpaired) electrons. The van der Waals surface area contributed by atoms with E-state index in [1.165, 1.54) is 6.42 Å². The molecule has 0 N–H and O–H groups in total. The zero-order chi connectivity index (χ0) is 18.8. The van der Waals surface area contributed by atoms with Crippen molar-refractivity contribution in [3.63, 3.8) is 0 Å². The van der Waals surface area contributed by atoms with Crippen molar-refractivity contribution in [2.75, 3.05) is 26.2 Å². The molecule has 2 amide bonds. The number of fused-ring (bicyclic) bond motifs is 4. The van der Waals surface area contributed by atoms with E-state index in [4.69, 9.17) is 4.74 Å². The summed E-state index contributed by atoms with van der Waals surface area (Å²) in [4.78, 5) is 30.0. The molecule has 1 saturated carbocycles. The van der Waals surface area contributed by atoms with Crippen LogP contribution in [0.5, 0.6) is 5.75 Å². The summed E-state index contributed by atoms with van der Waals surface area (Å²) in [5.74, 6) is 1.95. The highest BCUT2D eigenvalue weighted by Gasteiger charge is 2.40. The smallest absolute Gasteiger partial charge is 0.227 e. The van der Waals surface area contributed by atoms with Gasteiger partial charge in [0.15, 0.2) is 0 Å². The summed E-state index contributed by atoms with van der Waals surface area (Å²) in [6.45, 7) is 4.88. The van der Waals surface area contributed by atoms with Crippen LogP contribution in [0.2, 0.25) is 0 Å². The van der Waals surface area contributed by atoms with Crippen LogP contribution >= 0.6 is 0 Å². The Morgan fingerprint density at radius 3 is 2.63 bits per heavy atom. The zero-order valence-electron chi connectivity index (χ0n) is 16.2. The van der Waals surface area contributed by atoms with Gasteiger partial charge in [-0.2, -0.15) is 0 Å². The quantitative estimate of drug-likeness (QED) is 0.801. The Morgan fingerprint density at radius 2 is 1.89 bits per heavy atom. The fraction of sp³-hybridized carbons (Fsp3) is 0.636. The SMILES string of the molecule is CCOc1ccccc1CC(=O)N1C[C@H]2CC[C@@H]1CN(C(=O)C1CCC1)C2. The Labute approximate surface area is 161 Å². The number of nitrogens with zero attached hydrogens (tertiary/aromatic N) is 2. The van der Waals surface area contributed by atoms with E-state index < -0.39 is 0 Å². The van der Waals surface area contributed by atoms with Crippen molar-refractivity contribution in [3.05, 3.63) is 29.8 Å². The van der Waals surface area contributed by atoms with E-state index in [0.29, 0.717) is 31.4 Å². The van der Waals surface area contributed by atoms with E-state index in [1.807, 2.05) is 36.1 Å². The summed E-state index contributed by atoms with van der Waals surface area (Å²) in [6, 6.07) is 7.97. The average molecular weight is 370 g/mol. The number of benzene rings is 1. The summed E-state index contributed by atoms with van der Waals surface area (Å²) in [7, 11) is 0. The number of carbonyl (C=O) groups excluding carboxylic acids is 2. The van der Waals surface area contributed by atoms with Gasteiger partial charge in [-0.15, -0.1) is 0 Å². The molecule has 5 rings (SSSR count). The Bertz CT molecular complexity index is 701. The molecule has 27 heavy (non-hydrogen) atoms. The second-order valence-corrected chi connectivity index (χ2v) is 8.23. The topological polar surface area (TPSA) is 49.9 Å². The zero-order valence-corrected chi connectivity index (χ0v) is 16.2. The molecule has 4 aliphatic rings. The van der Waals surface area contributed by atoms with Crippen LogP contribution in [-0.4, -0.2) is 53.9 Å². The third-order valence-corrected chi connectivity index (χ3v) is 6.41. The van der Waals surface area contributed by atoms with E-state index >= 15 is 0 Å². The first kappa shape index (κ1) is 18.3. The molecule has 1 aromatic carbocycles. The van der Waals surface area contributed by atoms with Gasteiger partial charge in [-0.25, -0.2) is 0 Å². The lowest BCUT2D eigenvalue weighted by Crippen LogP contribution is -2.48. The molecule has 3 saturated heterocycles. The first-order valence-electron chi connectivity index (χ1n) is 10.4. The van der Waals surface area contributed by atoms with Crippen LogP contribution in [-0.2, 0) is 16.0 Å². The molecule has 3 aliphatic heterocycles. The summed E-state index contributed by atoms with van der Waals surface area (Å²) in [5.41, 5.74) is 0.951. The van der Waals surface area contributed by atoms with E-state index in [0.717, 1.165) is 50.1 Å². The van der Waals surface area contributed by atoms with Crippen molar-refractivity contribution < 1.29 is 14.3 Å². The molecule has 1 aromatic rings.